The minimum atomic E-state index is -4.75. The molecule has 222 valence electrons. The summed E-state index contributed by atoms with van der Waals surface area (Å²) >= 11 is 0.776. The molecular weight excluding hydrogens is 587 g/mol. The van der Waals surface area contributed by atoms with Crippen LogP contribution < -0.4 is 10.5 Å². The third-order valence-corrected chi connectivity index (χ3v) is 10.3. The lowest BCUT2D eigenvalue weighted by atomic mass is 10.0. The number of carbonyl (C=O) groups excluding carboxylic acids is 1. The summed E-state index contributed by atoms with van der Waals surface area (Å²) in [5.41, 5.74) is 5.51. The number of ketones is 1. The summed E-state index contributed by atoms with van der Waals surface area (Å²) < 4.78 is 75.8. The smallest absolute Gasteiger partial charge is 0.417 e. The van der Waals surface area contributed by atoms with Crippen LogP contribution in [0.5, 0.6) is 5.75 Å². The maximum Gasteiger partial charge on any atom is 0.417 e. The van der Waals surface area contributed by atoms with Gasteiger partial charge in [-0.1, -0.05) is 13.8 Å². The van der Waals surface area contributed by atoms with Crippen LogP contribution in [0, 0.1) is 5.92 Å². The average molecular weight is 618 g/mol. The van der Waals surface area contributed by atoms with Crippen LogP contribution in [0.15, 0.2) is 59.5 Å². The highest BCUT2D eigenvalue weighted by atomic mass is 32.2. The number of hydrogen-bond acceptors (Lipinski definition) is 7. The van der Waals surface area contributed by atoms with Crippen LogP contribution in [-0.4, -0.2) is 43.2 Å². The van der Waals surface area contributed by atoms with E-state index in [1.54, 1.807) is 24.3 Å². The minimum absolute atomic E-state index is 0.0227. The quantitative estimate of drug-likeness (QED) is 0.214. The van der Waals surface area contributed by atoms with Gasteiger partial charge in [0.05, 0.1) is 28.4 Å². The second kappa shape index (κ2) is 11.7. The van der Waals surface area contributed by atoms with E-state index in [9.17, 15) is 26.4 Å². The number of alkyl halides is 3. The third-order valence-electron chi connectivity index (χ3n) is 7.33. The number of nitrogens with zero attached hydrogens (tertiary/aromatic N) is 2. The molecule has 3 heterocycles. The van der Waals surface area contributed by atoms with Crippen molar-refractivity contribution in [2.24, 2.45) is 5.92 Å². The summed E-state index contributed by atoms with van der Waals surface area (Å²) in [5, 5.41) is -0.332. The molecule has 2 aromatic carbocycles. The Labute approximate surface area is 246 Å². The van der Waals surface area contributed by atoms with Crippen LogP contribution in [0.25, 0.3) is 21.5 Å². The first kappa shape index (κ1) is 30.0. The van der Waals surface area contributed by atoms with Crippen molar-refractivity contribution in [1.29, 1.82) is 0 Å². The molecule has 1 saturated heterocycles. The van der Waals surface area contributed by atoms with Crippen molar-refractivity contribution in [3.63, 3.8) is 0 Å². The Morgan fingerprint density at radius 1 is 1.10 bits per heavy atom. The van der Waals surface area contributed by atoms with E-state index in [1.165, 1.54) is 28.6 Å². The lowest BCUT2D eigenvalue weighted by Gasteiger charge is -2.29. The van der Waals surface area contributed by atoms with Gasteiger partial charge in [0.25, 0.3) is 0 Å². The second-order valence-corrected chi connectivity index (χ2v) is 13.3. The van der Waals surface area contributed by atoms with Gasteiger partial charge in [-0.3, -0.25) is 4.79 Å². The van der Waals surface area contributed by atoms with Gasteiger partial charge in [0.1, 0.15) is 15.5 Å². The van der Waals surface area contributed by atoms with E-state index < -0.39 is 27.5 Å². The van der Waals surface area contributed by atoms with Gasteiger partial charge in [-0.15, -0.1) is 11.3 Å². The topological polar surface area (TPSA) is 103 Å². The highest BCUT2D eigenvalue weighted by Crippen LogP contribution is 2.44. The molecule has 0 aliphatic carbocycles. The van der Waals surface area contributed by atoms with Gasteiger partial charge in [0, 0.05) is 29.6 Å². The lowest BCUT2D eigenvalue weighted by Crippen LogP contribution is -2.37. The molecule has 5 rings (SSSR count). The van der Waals surface area contributed by atoms with Crippen molar-refractivity contribution >= 4 is 43.0 Å². The molecular formula is C30H30F3N3O4S2. The fourth-order valence-corrected chi connectivity index (χ4v) is 7.44. The summed E-state index contributed by atoms with van der Waals surface area (Å²) in [6.45, 7) is 5.42. The van der Waals surface area contributed by atoms with Crippen molar-refractivity contribution in [2.75, 3.05) is 25.4 Å². The lowest BCUT2D eigenvalue weighted by molar-refractivity contribution is -0.136. The van der Waals surface area contributed by atoms with Crippen molar-refractivity contribution < 1.29 is 31.1 Å². The molecule has 1 aliphatic rings. The molecule has 7 nitrogen and oxygen atoms in total. The molecule has 42 heavy (non-hydrogen) atoms. The number of fused-ring (bicyclic) bond motifs is 1. The van der Waals surface area contributed by atoms with E-state index in [1.807, 2.05) is 6.92 Å². The summed E-state index contributed by atoms with van der Waals surface area (Å²) in [5.74, 6) is 0.436. The molecule has 1 aliphatic heterocycles. The predicted molar refractivity (Wildman–Crippen MR) is 157 cm³/mol. The number of nitrogens with two attached hydrogens (primary N) is 1. The van der Waals surface area contributed by atoms with Crippen LogP contribution in [0.3, 0.4) is 0 Å². The number of ether oxygens (including phenoxy) is 1. The standard InChI is InChI=1S/C30H30F3N3O4S2/c1-3-16-40-21-8-4-19(5-9-21)24-17-23(30(31,32)33)25-26(34)28(41-29(25)35-24)27(37)20-6-10-22(11-7-20)42(38,39)36-14-12-18(2)13-15-36/h4-11,17-18H,3,12-16,34H2,1-2H3. The number of carbonyl (C=O) groups is 1. The molecule has 0 radical (unpaired) electrons. The Bertz CT molecular complexity index is 1710. The zero-order valence-corrected chi connectivity index (χ0v) is 24.7. The molecule has 2 N–H and O–H groups in total. The number of aromatic nitrogens is 1. The maximum absolute atomic E-state index is 14.2. The number of anilines is 1. The van der Waals surface area contributed by atoms with Crippen LogP contribution in [0.4, 0.5) is 18.9 Å². The van der Waals surface area contributed by atoms with Crippen molar-refractivity contribution in [3.05, 3.63) is 70.6 Å². The molecule has 4 aromatic rings. The molecule has 0 bridgehead atoms. The number of nitrogen functional groups attached to an aromatic ring is 1. The summed E-state index contributed by atoms with van der Waals surface area (Å²) in [7, 11) is -3.72. The zero-order valence-electron chi connectivity index (χ0n) is 23.1. The largest absolute Gasteiger partial charge is 0.494 e. The number of thiophene rings is 1. The van der Waals surface area contributed by atoms with Gasteiger partial charge in [0.2, 0.25) is 15.8 Å². The van der Waals surface area contributed by atoms with Crippen molar-refractivity contribution in [1.82, 2.24) is 9.29 Å². The first-order valence-corrected chi connectivity index (χ1v) is 15.8. The highest BCUT2D eigenvalue weighted by molar-refractivity contribution is 7.89. The Morgan fingerprint density at radius 2 is 1.74 bits per heavy atom. The van der Waals surface area contributed by atoms with E-state index in [0.29, 0.717) is 36.9 Å². The first-order valence-electron chi connectivity index (χ1n) is 13.6. The second-order valence-electron chi connectivity index (χ2n) is 10.4. The number of pyridine rings is 1. The van der Waals surface area contributed by atoms with Gasteiger partial charge in [-0.25, -0.2) is 13.4 Å². The number of halogens is 3. The van der Waals surface area contributed by atoms with Crippen LogP contribution >= 0.6 is 11.3 Å². The number of benzene rings is 2. The number of piperidine rings is 1. The number of sulfonamides is 1. The summed E-state index contributed by atoms with van der Waals surface area (Å²) in [6, 6.07) is 12.9. The molecule has 0 unspecified atom stereocenters. The van der Waals surface area contributed by atoms with Gasteiger partial charge in [-0.05, 0) is 79.8 Å². The SMILES string of the molecule is CCCOc1ccc(-c2cc(C(F)(F)F)c3c(N)c(C(=O)c4ccc(S(=O)(=O)N5CCC(C)CC5)cc4)sc3n2)cc1. The average Bonchev–Trinajstić information content (AvgIpc) is 3.31. The monoisotopic (exact) mass is 617 g/mol. The van der Waals surface area contributed by atoms with Gasteiger partial charge >= 0.3 is 6.18 Å². The Morgan fingerprint density at radius 3 is 2.33 bits per heavy atom. The molecule has 0 atom stereocenters. The first-order chi connectivity index (χ1) is 19.9. The predicted octanol–water partition coefficient (Wildman–Crippen LogP) is 7.00. The third kappa shape index (κ3) is 5.88. The molecule has 0 saturated carbocycles. The van der Waals surface area contributed by atoms with Gasteiger partial charge < -0.3 is 10.5 Å². The van der Waals surface area contributed by atoms with Crippen LogP contribution in [-0.2, 0) is 16.2 Å². The van der Waals surface area contributed by atoms with Gasteiger partial charge in [-0.2, -0.15) is 17.5 Å². The Kier molecular flexibility index (Phi) is 8.32. The molecule has 0 spiro atoms. The van der Waals surface area contributed by atoms with E-state index >= 15 is 0 Å². The van der Waals surface area contributed by atoms with Crippen LogP contribution in [0.1, 0.15) is 53.9 Å². The maximum atomic E-state index is 14.2. The van der Waals surface area contributed by atoms with E-state index in [0.717, 1.165) is 36.7 Å². The van der Waals surface area contributed by atoms with Crippen molar-refractivity contribution in [2.45, 2.75) is 44.2 Å². The Hall–Kier alpha value is -3.48. The molecule has 0 amide bonds. The fraction of sp³-hybridized carbons (Fsp3) is 0.333. The van der Waals surface area contributed by atoms with E-state index in [4.69, 9.17) is 10.5 Å². The minimum Gasteiger partial charge on any atom is -0.494 e. The summed E-state index contributed by atoms with van der Waals surface area (Å²) in [6.07, 6.45) is -2.39. The summed E-state index contributed by atoms with van der Waals surface area (Å²) in [4.78, 5) is 17.8. The number of rotatable bonds is 8. The molecule has 1 fully saturated rings. The van der Waals surface area contributed by atoms with Crippen molar-refractivity contribution in [3.8, 4) is 17.0 Å². The molecule has 12 heteroatoms. The highest BCUT2D eigenvalue weighted by Gasteiger charge is 2.36. The molecule has 2 aromatic heterocycles. The van der Waals surface area contributed by atoms with E-state index in [2.05, 4.69) is 11.9 Å². The fourth-order valence-electron chi connectivity index (χ4n) is 4.89. The normalized spacial score (nSPS) is 15.3. The Balaban J connectivity index is 1.48. The van der Waals surface area contributed by atoms with Gasteiger partial charge in [0.15, 0.2) is 0 Å². The zero-order chi connectivity index (χ0) is 30.2. The van der Waals surface area contributed by atoms with E-state index in [-0.39, 0.29) is 36.9 Å². The number of hydrogen-bond donors (Lipinski definition) is 1. The van der Waals surface area contributed by atoms with Crippen LogP contribution in [0.2, 0.25) is 0 Å².